The minimum absolute atomic E-state index is 0.0211. The van der Waals surface area contributed by atoms with Crippen molar-refractivity contribution in [2.24, 2.45) is 46.3 Å². The Hall–Kier alpha value is -1.43. The molecule has 0 aromatic carbocycles. The van der Waals surface area contributed by atoms with Gasteiger partial charge in [-0.1, -0.05) is 20.8 Å². The molecule has 4 fully saturated rings. The Bertz CT molecular complexity index is 938. The molecule has 10 atom stereocenters. The fourth-order valence-corrected chi connectivity index (χ4v) is 9.91. The minimum Gasteiger partial charge on any atom is -0.460 e. The first-order valence-corrected chi connectivity index (χ1v) is 15.1. The first-order valence-electron chi connectivity index (χ1n) is 15.1. The molecule has 0 saturated heterocycles. The second kappa shape index (κ2) is 10.2. The van der Waals surface area contributed by atoms with Gasteiger partial charge in [-0.2, -0.15) is 0 Å². The lowest BCUT2D eigenvalue weighted by Gasteiger charge is -2.61. The highest BCUT2D eigenvalue weighted by Crippen LogP contribution is 2.68. The Morgan fingerprint density at radius 1 is 0.974 bits per heavy atom. The van der Waals surface area contributed by atoms with Gasteiger partial charge >= 0.3 is 11.9 Å². The lowest BCUT2D eigenvalue weighted by molar-refractivity contribution is -0.192. The van der Waals surface area contributed by atoms with Crippen LogP contribution in [0, 0.1) is 46.3 Å². The molecule has 4 aliphatic rings. The molecule has 0 aromatic rings. The third kappa shape index (κ3) is 5.08. The SMILES string of the molecule is CC(=O)OC(CC(C)C(C)(C)OC(C)=O)C(C)(O)C1CCC2C3CCC4CC(=O)CCC4(C)C3CCC21C. The summed E-state index contributed by atoms with van der Waals surface area (Å²) in [6, 6.07) is 0. The summed E-state index contributed by atoms with van der Waals surface area (Å²) in [7, 11) is 0. The summed E-state index contributed by atoms with van der Waals surface area (Å²) in [5.74, 6) is 1.99. The van der Waals surface area contributed by atoms with E-state index in [-0.39, 0.29) is 28.6 Å². The average molecular weight is 533 g/mol. The number of ether oxygens (including phenoxy) is 2. The van der Waals surface area contributed by atoms with Gasteiger partial charge in [0.15, 0.2) is 0 Å². The topological polar surface area (TPSA) is 89.9 Å². The van der Waals surface area contributed by atoms with Crippen LogP contribution in [0.5, 0.6) is 0 Å². The number of aliphatic hydroxyl groups is 1. The average Bonchev–Trinajstić information content (AvgIpc) is 3.16. The van der Waals surface area contributed by atoms with Crippen molar-refractivity contribution < 1.29 is 29.0 Å². The van der Waals surface area contributed by atoms with Gasteiger partial charge in [0.2, 0.25) is 0 Å². The van der Waals surface area contributed by atoms with E-state index in [9.17, 15) is 19.5 Å². The second-order valence-electron chi connectivity index (χ2n) is 14.7. The molecule has 0 radical (unpaired) electrons. The number of Topliss-reactive ketones (excluding diaryl/α,β-unsaturated/α-hetero) is 1. The normalized spacial score (nSPS) is 40.1. The number of carbonyl (C=O) groups is 3. The van der Waals surface area contributed by atoms with Gasteiger partial charge in [0.1, 0.15) is 23.1 Å². The van der Waals surface area contributed by atoms with Crippen molar-refractivity contribution in [1.82, 2.24) is 0 Å². The summed E-state index contributed by atoms with van der Waals surface area (Å²) in [4.78, 5) is 36.2. The number of fused-ring (bicyclic) bond motifs is 5. The molecule has 0 spiro atoms. The van der Waals surface area contributed by atoms with Crippen LogP contribution in [0.2, 0.25) is 0 Å². The van der Waals surface area contributed by atoms with Crippen LogP contribution in [-0.4, -0.2) is 40.1 Å². The molecule has 0 heterocycles. The van der Waals surface area contributed by atoms with Crippen molar-refractivity contribution in [3.8, 4) is 0 Å². The van der Waals surface area contributed by atoms with Gasteiger partial charge in [-0.05, 0) is 118 Å². The van der Waals surface area contributed by atoms with E-state index in [4.69, 9.17) is 9.47 Å². The maximum Gasteiger partial charge on any atom is 0.303 e. The Morgan fingerprint density at radius 3 is 2.26 bits per heavy atom. The third-order valence-electron chi connectivity index (χ3n) is 12.3. The smallest absolute Gasteiger partial charge is 0.303 e. The molecule has 6 nitrogen and oxygen atoms in total. The van der Waals surface area contributed by atoms with E-state index in [1.54, 1.807) is 0 Å². The summed E-state index contributed by atoms with van der Waals surface area (Å²) in [5.41, 5.74) is -1.70. The van der Waals surface area contributed by atoms with Crippen LogP contribution >= 0.6 is 0 Å². The molecule has 4 saturated carbocycles. The van der Waals surface area contributed by atoms with Gasteiger partial charge in [-0.3, -0.25) is 14.4 Å². The van der Waals surface area contributed by atoms with Gasteiger partial charge < -0.3 is 14.6 Å². The van der Waals surface area contributed by atoms with Crippen molar-refractivity contribution in [3.05, 3.63) is 0 Å². The molecule has 0 bridgehead atoms. The van der Waals surface area contributed by atoms with Crippen molar-refractivity contribution in [2.45, 2.75) is 137 Å². The third-order valence-corrected chi connectivity index (χ3v) is 12.3. The zero-order valence-electron chi connectivity index (χ0n) is 25.1. The van der Waals surface area contributed by atoms with Crippen LogP contribution in [0.1, 0.15) is 120 Å². The number of hydrogen-bond donors (Lipinski definition) is 1. The highest BCUT2D eigenvalue weighted by Gasteiger charge is 2.63. The van der Waals surface area contributed by atoms with Crippen LogP contribution in [0.15, 0.2) is 0 Å². The summed E-state index contributed by atoms with van der Waals surface area (Å²) in [6.45, 7) is 15.3. The molecule has 0 aliphatic heterocycles. The lowest BCUT2D eigenvalue weighted by Crippen LogP contribution is -2.58. The van der Waals surface area contributed by atoms with Crippen LogP contribution in [0.4, 0.5) is 0 Å². The van der Waals surface area contributed by atoms with Crippen molar-refractivity contribution in [2.75, 3.05) is 0 Å². The summed E-state index contributed by atoms with van der Waals surface area (Å²) < 4.78 is 11.5. The van der Waals surface area contributed by atoms with Crippen LogP contribution in [0.25, 0.3) is 0 Å². The van der Waals surface area contributed by atoms with E-state index in [0.29, 0.717) is 35.9 Å². The maximum absolute atomic E-state index is 12.3. The quantitative estimate of drug-likeness (QED) is 0.389. The van der Waals surface area contributed by atoms with Crippen LogP contribution in [0.3, 0.4) is 0 Å². The number of rotatable bonds is 7. The minimum atomic E-state index is -1.19. The number of carbonyl (C=O) groups excluding carboxylic acids is 3. The highest BCUT2D eigenvalue weighted by atomic mass is 16.6. The first-order chi connectivity index (χ1) is 17.5. The van der Waals surface area contributed by atoms with E-state index in [0.717, 1.165) is 51.4 Å². The van der Waals surface area contributed by atoms with Crippen LogP contribution in [-0.2, 0) is 23.9 Å². The summed E-state index contributed by atoms with van der Waals surface area (Å²) >= 11 is 0. The molecule has 4 aliphatic carbocycles. The largest absolute Gasteiger partial charge is 0.460 e. The van der Waals surface area contributed by atoms with Gasteiger partial charge in [0, 0.05) is 26.7 Å². The van der Waals surface area contributed by atoms with Gasteiger partial charge in [-0.25, -0.2) is 0 Å². The fraction of sp³-hybridized carbons (Fsp3) is 0.906. The van der Waals surface area contributed by atoms with E-state index in [1.165, 1.54) is 20.3 Å². The Kier molecular flexibility index (Phi) is 7.93. The highest BCUT2D eigenvalue weighted by molar-refractivity contribution is 5.79. The number of ketones is 1. The van der Waals surface area contributed by atoms with Gasteiger partial charge in [-0.15, -0.1) is 0 Å². The molecular formula is C32H52O6. The Labute approximate surface area is 230 Å². The van der Waals surface area contributed by atoms with E-state index >= 15 is 0 Å². The zero-order chi connectivity index (χ0) is 28.3. The molecule has 10 unspecified atom stereocenters. The zero-order valence-corrected chi connectivity index (χ0v) is 25.1. The van der Waals surface area contributed by atoms with Crippen LogP contribution < -0.4 is 0 Å². The Balaban J connectivity index is 1.57. The molecular weight excluding hydrogens is 480 g/mol. The molecule has 0 aromatic heterocycles. The van der Waals surface area contributed by atoms with Gasteiger partial charge in [0.05, 0.1) is 0 Å². The molecule has 38 heavy (non-hydrogen) atoms. The van der Waals surface area contributed by atoms with Crippen molar-refractivity contribution in [1.29, 1.82) is 0 Å². The monoisotopic (exact) mass is 532 g/mol. The molecule has 1 N–H and O–H groups in total. The number of hydrogen-bond acceptors (Lipinski definition) is 6. The number of esters is 2. The molecule has 0 amide bonds. The molecule has 216 valence electrons. The Morgan fingerprint density at radius 2 is 1.63 bits per heavy atom. The van der Waals surface area contributed by atoms with Gasteiger partial charge in [0.25, 0.3) is 0 Å². The summed E-state index contributed by atoms with van der Waals surface area (Å²) in [6.07, 6.45) is 8.86. The fourth-order valence-electron chi connectivity index (χ4n) is 9.91. The molecule has 4 rings (SSSR count). The predicted molar refractivity (Wildman–Crippen MR) is 146 cm³/mol. The standard InChI is InChI=1S/C32H52O6/c1-19(29(4,5)38-21(3)34)17-28(37-20(2)33)32(8,36)27-12-11-25-24-10-9-22-18-23(35)13-15-30(22,6)26(24)14-16-31(25,27)7/h19,22,24-28,36H,9-18H2,1-8H3. The maximum atomic E-state index is 12.3. The lowest BCUT2D eigenvalue weighted by atomic mass is 9.44. The van der Waals surface area contributed by atoms with Crippen molar-refractivity contribution >= 4 is 17.7 Å². The van der Waals surface area contributed by atoms with E-state index in [2.05, 4.69) is 13.8 Å². The summed E-state index contributed by atoms with van der Waals surface area (Å²) in [5, 5.41) is 12.3. The first kappa shape index (κ1) is 29.6. The van der Waals surface area contributed by atoms with Crippen molar-refractivity contribution in [3.63, 3.8) is 0 Å². The predicted octanol–water partition coefficient (Wildman–Crippen LogP) is 6.27. The van der Waals surface area contributed by atoms with E-state index in [1.807, 2.05) is 27.7 Å². The van der Waals surface area contributed by atoms with E-state index < -0.39 is 23.3 Å². The molecule has 6 heteroatoms. The second-order valence-corrected chi connectivity index (χ2v) is 14.7.